The van der Waals surface area contributed by atoms with Crippen LogP contribution in [-0.2, 0) is 14.3 Å². The van der Waals surface area contributed by atoms with Crippen LogP contribution < -0.4 is 5.32 Å². The van der Waals surface area contributed by atoms with Crippen LogP contribution in [0, 0.1) is 23.0 Å². The number of rotatable bonds is 5. The van der Waals surface area contributed by atoms with Crippen molar-refractivity contribution in [3.8, 4) is 0 Å². The normalized spacial score (nSPS) is 22.1. The van der Waals surface area contributed by atoms with Crippen molar-refractivity contribution in [2.24, 2.45) is 11.3 Å². The first kappa shape index (κ1) is 24.2. The van der Waals surface area contributed by atoms with E-state index < -0.39 is 11.6 Å². The van der Waals surface area contributed by atoms with Gasteiger partial charge in [0.05, 0.1) is 6.61 Å². The summed E-state index contributed by atoms with van der Waals surface area (Å²) in [6.07, 6.45) is 6.16. The minimum absolute atomic E-state index is 0.0308. The van der Waals surface area contributed by atoms with Gasteiger partial charge in [-0.3, -0.25) is 9.59 Å². The summed E-state index contributed by atoms with van der Waals surface area (Å²) in [5, 5.41) is 3.15. The first-order chi connectivity index (χ1) is 16.3. The molecule has 2 heterocycles. The van der Waals surface area contributed by atoms with E-state index in [9.17, 15) is 23.2 Å². The number of likely N-dealkylation sites (tertiary alicyclic amines) is 2. The van der Waals surface area contributed by atoms with Gasteiger partial charge in [-0.2, -0.15) is 0 Å². The molecular weight excluding hydrogens is 444 g/mol. The van der Waals surface area contributed by atoms with Gasteiger partial charge in [0.15, 0.2) is 0 Å². The van der Waals surface area contributed by atoms with Gasteiger partial charge in [0.1, 0.15) is 11.6 Å². The number of halogens is 2. The van der Waals surface area contributed by atoms with Crippen LogP contribution in [0.2, 0.25) is 0 Å². The molecule has 1 aliphatic carbocycles. The highest BCUT2D eigenvalue weighted by Gasteiger charge is 2.58. The second-order valence-corrected chi connectivity index (χ2v) is 9.41. The van der Waals surface area contributed by atoms with Gasteiger partial charge in [-0.15, -0.1) is 0 Å². The molecule has 1 aromatic carbocycles. The van der Waals surface area contributed by atoms with E-state index >= 15 is 0 Å². The molecule has 3 aliphatic rings. The van der Waals surface area contributed by atoms with Crippen LogP contribution in [0.15, 0.2) is 24.3 Å². The SMILES string of the molecule is CCOC(=O)N1CCC(NC(=O)C2CC23CCN(C(=O)/C=C/c2ccc(F)cc2F)CC3)CC1. The van der Waals surface area contributed by atoms with Gasteiger partial charge in [0, 0.05) is 55.8 Å². The molecule has 4 rings (SSSR count). The summed E-state index contributed by atoms with van der Waals surface area (Å²) >= 11 is 0. The number of carbonyl (C=O) groups excluding carboxylic acids is 3. The second kappa shape index (κ2) is 10.1. The first-order valence-electron chi connectivity index (χ1n) is 12.0. The van der Waals surface area contributed by atoms with Crippen molar-refractivity contribution in [2.45, 2.75) is 45.1 Å². The van der Waals surface area contributed by atoms with Crippen molar-refractivity contribution in [1.29, 1.82) is 0 Å². The van der Waals surface area contributed by atoms with E-state index in [1.54, 1.807) is 16.7 Å². The largest absolute Gasteiger partial charge is 0.450 e. The lowest BCUT2D eigenvalue weighted by atomic mass is 9.90. The number of piperidine rings is 2. The molecule has 2 aliphatic heterocycles. The van der Waals surface area contributed by atoms with Crippen LogP contribution in [-0.4, -0.2) is 66.5 Å². The zero-order valence-electron chi connectivity index (χ0n) is 19.4. The van der Waals surface area contributed by atoms with Crippen LogP contribution >= 0.6 is 0 Å². The molecule has 1 N–H and O–H groups in total. The summed E-state index contributed by atoms with van der Waals surface area (Å²) in [5.74, 6) is -1.54. The first-order valence-corrected chi connectivity index (χ1v) is 12.0. The van der Waals surface area contributed by atoms with Crippen molar-refractivity contribution in [2.75, 3.05) is 32.8 Å². The number of nitrogens with zero attached hydrogens (tertiary/aromatic N) is 2. The van der Waals surface area contributed by atoms with Crippen molar-refractivity contribution < 1.29 is 27.9 Å². The molecule has 1 aromatic rings. The molecule has 1 saturated carbocycles. The van der Waals surface area contributed by atoms with E-state index in [-0.39, 0.29) is 40.8 Å². The molecule has 7 nitrogen and oxygen atoms in total. The van der Waals surface area contributed by atoms with E-state index in [1.807, 2.05) is 0 Å². The fourth-order valence-electron chi connectivity index (χ4n) is 5.07. The highest BCUT2D eigenvalue weighted by Crippen LogP contribution is 2.59. The average Bonchev–Trinajstić information content (AvgIpc) is 3.52. The predicted molar refractivity (Wildman–Crippen MR) is 122 cm³/mol. The summed E-state index contributed by atoms with van der Waals surface area (Å²) < 4.78 is 31.8. The zero-order chi connectivity index (χ0) is 24.3. The fourth-order valence-corrected chi connectivity index (χ4v) is 5.07. The Bertz CT molecular complexity index is 967. The lowest BCUT2D eigenvalue weighted by Crippen LogP contribution is -2.47. The van der Waals surface area contributed by atoms with Crippen LogP contribution in [0.1, 0.15) is 44.6 Å². The Labute approximate surface area is 198 Å². The lowest BCUT2D eigenvalue weighted by Gasteiger charge is -2.33. The van der Waals surface area contributed by atoms with Gasteiger partial charge in [-0.05, 0) is 62.7 Å². The average molecular weight is 476 g/mol. The topological polar surface area (TPSA) is 79.0 Å². The van der Waals surface area contributed by atoms with Crippen molar-refractivity contribution in [3.63, 3.8) is 0 Å². The van der Waals surface area contributed by atoms with Gasteiger partial charge in [-0.1, -0.05) is 0 Å². The van der Waals surface area contributed by atoms with Crippen LogP contribution in [0.4, 0.5) is 13.6 Å². The third-order valence-electron chi connectivity index (χ3n) is 7.31. The van der Waals surface area contributed by atoms with E-state index in [0.717, 1.165) is 31.4 Å². The Morgan fingerprint density at radius 1 is 1.12 bits per heavy atom. The lowest BCUT2D eigenvalue weighted by molar-refractivity contribution is -0.127. The number of hydrogen-bond acceptors (Lipinski definition) is 4. The smallest absolute Gasteiger partial charge is 0.409 e. The Morgan fingerprint density at radius 2 is 1.82 bits per heavy atom. The molecule has 0 radical (unpaired) electrons. The minimum Gasteiger partial charge on any atom is -0.450 e. The molecule has 1 spiro atoms. The van der Waals surface area contributed by atoms with E-state index in [2.05, 4.69) is 5.32 Å². The van der Waals surface area contributed by atoms with Crippen LogP contribution in [0.3, 0.4) is 0 Å². The fraction of sp³-hybridized carbons (Fsp3) is 0.560. The van der Waals surface area contributed by atoms with E-state index in [1.165, 1.54) is 18.2 Å². The molecule has 34 heavy (non-hydrogen) atoms. The summed E-state index contributed by atoms with van der Waals surface area (Å²) in [7, 11) is 0. The Balaban J connectivity index is 1.21. The van der Waals surface area contributed by atoms with Crippen molar-refractivity contribution >= 4 is 24.0 Å². The molecule has 1 atom stereocenters. The molecule has 0 aromatic heterocycles. The Hall–Kier alpha value is -2.97. The molecule has 2 saturated heterocycles. The maximum Gasteiger partial charge on any atom is 0.409 e. The highest BCUT2D eigenvalue weighted by atomic mass is 19.1. The van der Waals surface area contributed by atoms with Gasteiger partial charge in [0.2, 0.25) is 11.8 Å². The van der Waals surface area contributed by atoms with E-state index in [0.29, 0.717) is 45.6 Å². The highest BCUT2D eigenvalue weighted by molar-refractivity contribution is 5.92. The van der Waals surface area contributed by atoms with Crippen LogP contribution in [0.25, 0.3) is 6.08 Å². The number of hydrogen-bond donors (Lipinski definition) is 1. The third-order valence-corrected chi connectivity index (χ3v) is 7.31. The predicted octanol–water partition coefficient (Wildman–Crippen LogP) is 3.34. The summed E-state index contributed by atoms with van der Waals surface area (Å²) in [4.78, 5) is 40.5. The molecule has 1 unspecified atom stereocenters. The van der Waals surface area contributed by atoms with Crippen molar-refractivity contribution in [3.05, 3.63) is 41.5 Å². The molecule has 3 amide bonds. The summed E-state index contributed by atoms with van der Waals surface area (Å²) in [6.45, 7) is 4.39. The van der Waals surface area contributed by atoms with Gasteiger partial charge < -0.3 is 19.9 Å². The Kier molecular flexibility index (Phi) is 7.19. The third kappa shape index (κ3) is 5.39. The molecule has 9 heteroatoms. The molecule has 0 bridgehead atoms. The maximum absolute atomic E-state index is 13.7. The molecular formula is C25H31F2N3O4. The minimum atomic E-state index is -0.708. The van der Waals surface area contributed by atoms with Gasteiger partial charge >= 0.3 is 6.09 Å². The van der Waals surface area contributed by atoms with Gasteiger partial charge in [-0.25, -0.2) is 13.6 Å². The maximum atomic E-state index is 13.7. The monoisotopic (exact) mass is 475 g/mol. The summed E-state index contributed by atoms with van der Waals surface area (Å²) in [5.41, 5.74) is 0.120. The van der Waals surface area contributed by atoms with Crippen LogP contribution in [0.5, 0.6) is 0 Å². The molecule has 184 valence electrons. The number of amides is 3. The second-order valence-electron chi connectivity index (χ2n) is 9.41. The van der Waals surface area contributed by atoms with Crippen molar-refractivity contribution in [1.82, 2.24) is 15.1 Å². The van der Waals surface area contributed by atoms with E-state index in [4.69, 9.17) is 4.74 Å². The number of nitrogens with one attached hydrogen (secondary N) is 1. The summed E-state index contributed by atoms with van der Waals surface area (Å²) in [6, 6.07) is 3.30. The Morgan fingerprint density at radius 3 is 2.47 bits per heavy atom. The van der Waals surface area contributed by atoms with Gasteiger partial charge in [0.25, 0.3) is 0 Å². The number of benzene rings is 1. The number of ether oxygens (including phenoxy) is 1. The zero-order valence-corrected chi connectivity index (χ0v) is 19.4. The standard InChI is InChI=1S/C25H31F2N3O4/c1-2-34-24(33)30-11-7-19(8-12-30)28-23(32)20-16-25(20)9-13-29(14-10-25)22(31)6-4-17-3-5-18(26)15-21(17)27/h3-6,15,19-20H,2,7-14,16H2,1H3,(H,28,32)/b6-4+. The quantitative estimate of drug-likeness (QED) is 0.663. The molecule has 3 fully saturated rings. The number of carbonyl (C=O) groups is 3.